The molecule has 1 aromatic heterocycles. The number of aryl methyl sites for hydroxylation is 1. The Morgan fingerprint density at radius 1 is 1.00 bits per heavy atom. The zero-order chi connectivity index (χ0) is 22.4. The molecule has 1 N–H and O–H groups in total. The van der Waals surface area contributed by atoms with Gasteiger partial charge in [-0.2, -0.15) is 0 Å². The first-order chi connectivity index (χ1) is 15.4. The van der Waals surface area contributed by atoms with Gasteiger partial charge in [-0.05, 0) is 48.0 Å². The number of fused-ring (bicyclic) bond motifs is 2. The SMILES string of the molecule is Cn1c(NC(=O)c2ccc(Cl)cc2Cl)c(-c2ccc3c(c2)OCO3)c(=O)c2ccccc21. The molecule has 1 aliphatic heterocycles. The van der Waals surface area contributed by atoms with Gasteiger partial charge in [-0.3, -0.25) is 9.59 Å². The maximum Gasteiger partial charge on any atom is 0.258 e. The van der Waals surface area contributed by atoms with Gasteiger partial charge < -0.3 is 19.4 Å². The topological polar surface area (TPSA) is 69.6 Å². The van der Waals surface area contributed by atoms with Gasteiger partial charge in [-0.25, -0.2) is 0 Å². The van der Waals surface area contributed by atoms with E-state index in [1.807, 2.05) is 12.1 Å². The van der Waals surface area contributed by atoms with Crippen LogP contribution in [0.5, 0.6) is 11.5 Å². The van der Waals surface area contributed by atoms with E-state index in [1.165, 1.54) is 6.07 Å². The maximum atomic E-state index is 13.6. The van der Waals surface area contributed by atoms with Crippen molar-refractivity contribution in [1.82, 2.24) is 4.57 Å². The van der Waals surface area contributed by atoms with E-state index in [9.17, 15) is 9.59 Å². The summed E-state index contributed by atoms with van der Waals surface area (Å²) in [5, 5.41) is 4.05. The summed E-state index contributed by atoms with van der Waals surface area (Å²) in [7, 11) is 1.79. The maximum absolute atomic E-state index is 13.6. The molecular formula is C24H16Cl2N2O4. The van der Waals surface area contributed by atoms with Crippen LogP contribution >= 0.6 is 23.2 Å². The summed E-state index contributed by atoms with van der Waals surface area (Å²) in [6.45, 7) is 0.118. The summed E-state index contributed by atoms with van der Waals surface area (Å²) in [4.78, 5) is 26.7. The van der Waals surface area contributed by atoms with Crippen LogP contribution in [0.4, 0.5) is 5.82 Å². The van der Waals surface area contributed by atoms with E-state index in [4.69, 9.17) is 32.7 Å². The quantitative estimate of drug-likeness (QED) is 0.433. The Bertz CT molecular complexity index is 1460. The van der Waals surface area contributed by atoms with E-state index in [0.29, 0.717) is 44.4 Å². The van der Waals surface area contributed by atoms with Crippen LogP contribution in [0.15, 0.2) is 65.5 Å². The highest BCUT2D eigenvalue weighted by Gasteiger charge is 2.22. The van der Waals surface area contributed by atoms with Crippen molar-refractivity contribution in [3.05, 3.63) is 86.5 Å². The summed E-state index contributed by atoms with van der Waals surface area (Å²) in [6, 6.07) is 17.1. The van der Waals surface area contributed by atoms with Gasteiger partial charge in [0, 0.05) is 17.5 Å². The molecule has 0 atom stereocenters. The zero-order valence-electron chi connectivity index (χ0n) is 16.8. The highest BCUT2D eigenvalue weighted by molar-refractivity contribution is 6.37. The van der Waals surface area contributed by atoms with Crippen molar-refractivity contribution in [2.45, 2.75) is 0 Å². The van der Waals surface area contributed by atoms with Gasteiger partial charge >= 0.3 is 0 Å². The van der Waals surface area contributed by atoms with Crippen molar-refractivity contribution in [2.75, 3.05) is 12.1 Å². The smallest absolute Gasteiger partial charge is 0.258 e. The van der Waals surface area contributed by atoms with Crippen LogP contribution in [-0.4, -0.2) is 17.3 Å². The van der Waals surface area contributed by atoms with Crippen molar-refractivity contribution in [3.63, 3.8) is 0 Å². The average molecular weight is 467 g/mol. The number of nitrogens with one attached hydrogen (secondary N) is 1. The average Bonchev–Trinajstić information content (AvgIpc) is 3.25. The van der Waals surface area contributed by atoms with Gasteiger partial charge in [-0.1, -0.05) is 41.4 Å². The van der Waals surface area contributed by atoms with Gasteiger partial charge in [0.15, 0.2) is 16.9 Å². The fourth-order valence-corrected chi connectivity index (χ4v) is 4.30. The van der Waals surface area contributed by atoms with Crippen LogP contribution in [0.25, 0.3) is 22.0 Å². The summed E-state index contributed by atoms with van der Waals surface area (Å²) in [5.74, 6) is 1.02. The molecule has 6 nitrogen and oxygen atoms in total. The number of para-hydroxylation sites is 1. The van der Waals surface area contributed by atoms with Crippen LogP contribution in [0.2, 0.25) is 10.0 Å². The van der Waals surface area contributed by atoms with Gasteiger partial charge in [-0.15, -0.1) is 0 Å². The predicted molar refractivity (Wildman–Crippen MR) is 125 cm³/mol. The summed E-state index contributed by atoms with van der Waals surface area (Å²) >= 11 is 12.2. The van der Waals surface area contributed by atoms with Crippen LogP contribution in [-0.2, 0) is 7.05 Å². The lowest BCUT2D eigenvalue weighted by atomic mass is 10.0. The number of ether oxygens (including phenoxy) is 2. The molecule has 32 heavy (non-hydrogen) atoms. The minimum atomic E-state index is -0.459. The molecule has 0 aliphatic carbocycles. The molecule has 2 heterocycles. The molecule has 0 fully saturated rings. The van der Waals surface area contributed by atoms with Crippen LogP contribution in [0, 0.1) is 0 Å². The third-order valence-corrected chi connectivity index (χ3v) is 5.93. The van der Waals surface area contributed by atoms with Crippen LogP contribution < -0.4 is 20.2 Å². The fraction of sp³-hybridized carbons (Fsp3) is 0.0833. The lowest BCUT2D eigenvalue weighted by Crippen LogP contribution is -2.21. The minimum Gasteiger partial charge on any atom is -0.454 e. The number of carbonyl (C=O) groups excluding carboxylic acids is 1. The van der Waals surface area contributed by atoms with E-state index in [1.54, 1.807) is 54.1 Å². The predicted octanol–water partition coefficient (Wildman–Crippen LogP) is 5.49. The van der Waals surface area contributed by atoms with Crippen molar-refractivity contribution in [2.24, 2.45) is 7.05 Å². The van der Waals surface area contributed by atoms with Gasteiger partial charge in [0.2, 0.25) is 6.79 Å². The minimum absolute atomic E-state index is 0.118. The van der Waals surface area contributed by atoms with E-state index in [-0.39, 0.29) is 22.8 Å². The Morgan fingerprint density at radius 2 is 1.78 bits per heavy atom. The first-order valence-corrected chi connectivity index (χ1v) is 10.5. The lowest BCUT2D eigenvalue weighted by molar-refractivity contribution is 0.102. The molecule has 0 bridgehead atoms. The van der Waals surface area contributed by atoms with Crippen LogP contribution in [0.3, 0.4) is 0 Å². The van der Waals surface area contributed by atoms with E-state index in [2.05, 4.69) is 5.32 Å². The van der Waals surface area contributed by atoms with E-state index < -0.39 is 5.91 Å². The number of hydrogen-bond donors (Lipinski definition) is 1. The summed E-state index contributed by atoms with van der Waals surface area (Å²) in [5.41, 5.74) is 1.64. The molecule has 0 saturated heterocycles. The van der Waals surface area contributed by atoms with Crippen molar-refractivity contribution < 1.29 is 14.3 Å². The second-order valence-electron chi connectivity index (χ2n) is 7.28. The molecule has 0 spiro atoms. The fourth-order valence-electron chi connectivity index (χ4n) is 3.80. The standard InChI is InChI=1S/C24H16Cl2N2O4/c1-28-18-5-3-2-4-16(18)22(29)21(13-6-9-19-20(10-13)32-12-31-19)23(28)27-24(30)15-8-7-14(25)11-17(15)26/h2-11H,12H2,1H3,(H,27,30). The molecule has 1 aliphatic rings. The van der Waals surface area contributed by atoms with E-state index >= 15 is 0 Å². The zero-order valence-corrected chi connectivity index (χ0v) is 18.3. The highest BCUT2D eigenvalue weighted by atomic mass is 35.5. The normalized spacial score (nSPS) is 12.2. The van der Waals surface area contributed by atoms with E-state index in [0.717, 1.165) is 0 Å². The second kappa shape index (κ2) is 7.89. The molecule has 160 valence electrons. The van der Waals surface area contributed by atoms with Gasteiger partial charge in [0.1, 0.15) is 5.82 Å². The largest absolute Gasteiger partial charge is 0.454 e. The van der Waals surface area contributed by atoms with Gasteiger partial charge in [0.05, 0.1) is 21.7 Å². The number of halogens is 2. The Balaban J connectivity index is 1.72. The number of hydrogen-bond acceptors (Lipinski definition) is 4. The molecule has 1 amide bonds. The first kappa shape index (κ1) is 20.4. The Kier molecular flexibility index (Phi) is 5.04. The van der Waals surface area contributed by atoms with Crippen molar-refractivity contribution in [1.29, 1.82) is 0 Å². The molecule has 5 rings (SSSR count). The number of pyridine rings is 1. The van der Waals surface area contributed by atoms with Crippen molar-refractivity contribution in [3.8, 4) is 22.6 Å². The molecular weight excluding hydrogens is 451 g/mol. The first-order valence-electron chi connectivity index (χ1n) is 9.72. The number of carbonyl (C=O) groups is 1. The third-order valence-electron chi connectivity index (χ3n) is 5.38. The molecule has 0 saturated carbocycles. The Labute approximate surface area is 192 Å². The lowest BCUT2D eigenvalue weighted by Gasteiger charge is -2.18. The van der Waals surface area contributed by atoms with Crippen LogP contribution in [0.1, 0.15) is 10.4 Å². The van der Waals surface area contributed by atoms with Gasteiger partial charge in [0.25, 0.3) is 5.91 Å². The summed E-state index contributed by atoms with van der Waals surface area (Å²) < 4.78 is 12.7. The highest BCUT2D eigenvalue weighted by Crippen LogP contribution is 2.38. The number of amides is 1. The number of benzene rings is 3. The molecule has 0 unspecified atom stereocenters. The number of rotatable bonds is 3. The molecule has 8 heteroatoms. The monoisotopic (exact) mass is 466 g/mol. The molecule has 4 aromatic rings. The third kappa shape index (κ3) is 3.38. The molecule has 3 aromatic carbocycles. The Morgan fingerprint density at radius 3 is 2.59 bits per heavy atom. The second-order valence-corrected chi connectivity index (χ2v) is 8.12. The number of aromatic nitrogens is 1. The number of anilines is 1. The van der Waals surface area contributed by atoms with Crippen molar-refractivity contribution >= 4 is 45.8 Å². The number of nitrogens with zero attached hydrogens (tertiary/aromatic N) is 1. The summed E-state index contributed by atoms with van der Waals surface area (Å²) in [6.07, 6.45) is 0. The Hall–Kier alpha value is -3.48. The molecule has 0 radical (unpaired) electrons.